The van der Waals surface area contributed by atoms with E-state index in [0.29, 0.717) is 5.69 Å². The first-order valence-electron chi connectivity index (χ1n) is 6.54. The summed E-state index contributed by atoms with van der Waals surface area (Å²) in [5.41, 5.74) is -0.224. The number of aromatic nitrogens is 2. The lowest BCUT2D eigenvalue weighted by Crippen LogP contribution is -2.40. The highest BCUT2D eigenvalue weighted by molar-refractivity contribution is 5.07. The van der Waals surface area contributed by atoms with Gasteiger partial charge in [0, 0.05) is 18.7 Å². The molecule has 1 heterocycles. The number of rotatable bonds is 3. The average Bonchev–Trinajstić information content (AvgIpc) is 2.61. The van der Waals surface area contributed by atoms with Gasteiger partial charge in [-0.05, 0) is 18.4 Å². The zero-order valence-electron chi connectivity index (χ0n) is 11.3. The van der Waals surface area contributed by atoms with Crippen molar-refractivity contribution in [3.8, 4) is 0 Å². The van der Waals surface area contributed by atoms with Crippen LogP contribution in [0.5, 0.6) is 0 Å². The van der Waals surface area contributed by atoms with Crippen LogP contribution in [0.2, 0.25) is 0 Å². The standard InChI is InChI=1S/C13H18F2N2O3/c1-7(2)9-3-4-17(12(20)16-9)10-5-8(6-18)11(19)13(10,14)15/h3-4,7-8,10-11,18-19H,5-6H2,1-2H3. The molecule has 0 radical (unpaired) electrons. The summed E-state index contributed by atoms with van der Waals surface area (Å²) in [6.07, 6.45) is -0.822. The molecule has 112 valence electrons. The fourth-order valence-electron chi connectivity index (χ4n) is 2.54. The molecule has 3 unspecified atom stereocenters. The minimum absolute atomic E-state index is 0.0252. The molecule has 2 N–H and O–H groups in total. The molecular weight excluding hydrogens is 270 g/mol. The normalized spacial score (nSPS) is 29.1. The van der Waals surface area contributed by atoms with Gasteiger partial charge in [0.15, 0.2) is 0 Å². The van der Waals surface area contributed by atoms with Crippen LogP contribution in [-0.4, -0.2) is 38.4 Å². The van der Waals surface area contributed by atoms with Crippen molar-refractivity contribution in [1.82, 2.24) is 9.55 Å². The lowest BCUT2D eigenvalue weighted by atomic mass is 10.1. The lowest BCUT2D eigenvalue weighted by molar-refractivity contribution is -0.123. The van der Waals surface area contributed by atoms with E-state index in [9.17, 15) is 18.7 Å². The van der Waals surface area contributed by atoms with Crippen molar-refractivity contribution in [2.45, 2.75) is 44.3 Å². The quantitative estimate of drug-likeness (QED) is 0.867. The number of alkyl halides is 2. The maximum atomic E-state index is 14.0. The van der Waals surface area contributed by atoms with E-state index in [2.05, 4.69) is 4.98 Å². The Morgan fingerprint density at radius 3 is 2.65 bits per heavy atom. The van der Waals surface area contributed by atoms with Gasteiger partial charge < -0.3 is 10.2 Å². The molecule has 0 aromatic carbocycles. The highest BCUT2D eigenvalue weighted by atomic mass is 19.3. The van der Waals surface area contributed by atoms with Gasteiger partial charge in [-0.1, -0.05) is 13.8 Å². The zero-order chi connectivity index (χ0) is 15.1. The summed E-state index contributed by atoms with van der Waals surface area (Å²) < 4.78 is 28.9. The highest BCUT2D eigenvalue weighted by Crippen LogP contribution is 2.46. The van der Waals surface area contributed by atoms with Crippen molar-refractivity contribution < 1.29 is 19.0 Å². The van der Waals surface area contributed by atoms with Gasteiger partial charge in [-0.2, -0.15) is 4.98 Å². The van der Waals surface area contributed by atoms with E-state index in [1.165, 1.54) is 12.3 Å². The van der Waals surface area contributed by atoms with Crippen LogP contribution in [0.25, 0.3) is 0 Å². The summed E-state index contributed by atoms with van der Waals surface area (Å²) in [7, 11) is 0. The van der Waals surface area contributed by atoms with Crippen LogP contribution in [0, 0.1) is 5.92 Å². The summed E-state index contributed by atoms with van der Waals surface area (Å²) >= 11 is 0. The molecule has 20 heavy (non-hydrogen) atoms. The van der Waals surface area contributed by atoms with E-state index in [-0.39, 0.29) is 12.3 Å². The molecule has 0 bridgehead atoms. The monoisotopic (exact) mass is 288 g/mol. The SMILES string of the molecule is CC(C)c1ccn(C2CC(CO)C(O)C2(F)F)c(=O)n1. The number of aliphatic hydroxyl groups excluding tert-OH is 2. The van der Waals surface area contributed by atoms with Gasteiger partial charge in [-0.3, -0.25) is 4.57 Å². The van der Waals surface area contributed by atoms with Gasteiger partial charge in [0.2, 0.25) is 0 Å². The Morgan fingerprint density at radius 2 is 2.20 bits per heavy atom. The second kappa shape index (κ2) is 5.21. The molecule has 3 atom stereocenters. The van der Waals surface area contributed by atoms with E-state index in [0.717, 1.165) is 4.57 Å². The zero-order valence-corrected chi connectivity index (χ0v) is 11.3. The van der Waals surface area contributed by atoms with E-state index >= 15 is 0 Å². The minimum atomic E-state index is -3.46. The number of hydrogen-bond donors (Lipinski definition) is 2. The molecule has 1 aliphatic carbocycles. The van der Waals surface area contributed by atoms with Crippen LogP contribution in [0.1, 0.15) is 37.9 Å². The molecule has 0 aliphatic heterocycles. The van der Waals surface area contributed by atoms with Crippen LogP contribution < -0.4 is 5.69 Å². The summed E-state index contributed by atoms with van der Waals surface area (Å²) in [5.74, 6) is -4.37. The number of halogens is 2. The van der Waals surface area contributed by atoms with Crippen molar-refractivity contribution in [3.63, 3.8) is 0 Å². The smallest absolute Gasteiger partial charge is 0.348 e. The van der Waals surface area contributed by atoms with Crippen molar-refractivity contribution in [2.75, 3.05) is 6.61 Å². The summed E-state index contributed by atoms with van der Waals surface area (Å²) in [6, 6.07) is 0.0525. The third-order valence-electron chi connectivity index (χ3n) is 3.82. The molecule has 2 rings (SSSR count). The first kappa shape index (κ1) is 15.1. The summed E-state index contributed by atoms with van der Waals surface area (Å²) in [5, 5.41) is 18.6. The first-order valence-corrected chi connectivity index (χ1v) is 6.54. The molecule has 0 saturated heterocycles. The van der Waals surface area contributed by atoms with E-state index < -0.39 is 36.3 Å². The summed E-state index contributed by atoms with van der Waals surface area (Å²) in [4.78, 5) is 15.7. The predicted molar refractivity (Wildman–Crippen MR) is 67.8 cm³/mol. The third-order valence-corrected chi connectivity index (χ3v) is 3.82. The van der Waals surface area contributed by atoms with Crippen LogP contribution in [0.3, 0.4) is 0 Å². The highest BCUT2D eigenvalue weighted by Gasteiger charge is 2.57. The number of hydrogen-bond acceptors (Lipinski definition) is 4. The molecule has 7 heteroatoms. The van der Waals surface area contributed by atoms with Crippen LogP contribution in [-0.2, 0) is 0 Å². The maximum Gasteiger partial charge on any atom is 0.348 e. The van der Waals surface area contributed by atoms with Gasteiger partial charge in [0.1, 0.15) is 12.1 Å². The Labute approximate surface area is 114 Å². The van der Waals surface area contributed by atoms with Gasteiger partial charge in [0.05, 0.1) is 5.69 Å². The molecule has 5 nitrogen and oxygen atoms in total. The van der Waals surface area contributed by atoms with Gasteiger partial charge in [-0.15, -0.1) is 0 Å². The van der Waals surface area contributed by atoms with E-state index in [1.54, 1.807) is 0 Å². The maximum absolute atomic E-state index is 14.0. The van der Waals surface area contributed by atoms with Gasteiger partial charge in [-0.25, -0.2) is 13.6 Å². The average molecular weight is 288 g/mol. The predicted octanol–water partition coefficient (Wildman–Crippen LogP) is 0.916. The van der Waals surface area contributed by atoms with Crippen molar-refractivity contribution in [1.29, 1.82) is 0 Å². The van der Waals surface area contributed by atoms with Crippen LogP contribution in [0.15, 0.2) is 17.1 Å². The van der Waals surface area contributed by atoms with Gasteiger partial charge in [0.25, 0.3) is 5.92 Å². The van der Waals surface area contributed by atoms with E-state index in [1.807, 2.05) is 13.8 Å². The molecule has 1 aliphatic rings. The molecule has 0 spiro atoms. The van der Waals surface area contributed by atoms with Crippen LogP contribution >= 0.6 is 0 Å². The number of nitrogens with zero attached hydrogens (tertiary/aromatic N) is 2. The molecular formula is C13H18F2N2O3. The number of aliphatic hydroxyl groups is 2. The molecule has 1 aromatic heterocycles. The fraction of sp³-hybridized carbons (Fsp3) is 0.692. The molecule has 1 saturated carbocycles. The second-order valence-electron chi connectivity index (χ2n) is 5.51. The Balaban J connectivity index is 2.39. The molecule has 1 fully saturated rings. The largest absolute Gasteiger partial charge is 0.396 e. The first-order chi connectivity index (χ1) is 9.28. The second-order valence-corrected chi connectivity index (χ2v) is 5.51. The van der Waals surface area contributed by atoms with Crippen molar-refractivity contribution in [2.24, 2.45) is 5.92 Å². The Bertz CT molecular complexity index is 545. The fourth-order valence-corrected chi connectivity index (χ4v) is 2.54. The Hall–Kier alpha value is -1.34. The Morgan fingerprint density at radius 1 is 1.55 bits per heavy atom. The molecule has 1 aromatic rings. The summed E-state index contributed by atoms with van der Waals surface area (Å²) in [6.45, 7) is 3.16. The van der Waals surface area contributed by atoms with Crippen molar-refractivity contribution >= 4 is 0 Å². The van der Waals surface area contributed by atoms with E-state index in [4.69, 9.17) is 5.11 Å². The van der Waals surface area contributed by atoms with Gasteiger partial charge >= 0.3 is 5.69 Å². The minimum Gasteiger partial charge on any atom is -0.396 e. The molecule has 0 amide bonds. The Kier molecular flexibility index (Phi) is 3.93. The third kappa shape index (κ3) is 2.35. The van der Waals surface area contributed by atoms with Crippen LogP contribution in [0.4, 0.5) is 8.78 Å². The van der Waals surface area contributed by atoms with Crippen molar-refractivity contribution in [3.05, 3.63) is 28.4 Å². The lowest BCUT2D eigenvalue weighted by Gasteiger charge is -2.23. The topological polar surface area (TPSA) is 75.3 Å².